The van der Waals surface area contributed by atoms with E-state index in [-0.39, 0.29) is 34.1 Å². The minimum Gasteiger partial charge on any atom is -0.545 e. The SMILES string of the molecule is Cc1ccc([N+](=O)[O-])c2c1N[C@H](c1ccc(C(=O)[O-])cc1)[C@H]1CC=C[C@H]21. The number of benzene rings is 2. The molecular weight excluding hydrogens is 332 g/mol. The molecule has 0 fully saturated rings. The molecule has 2 aromatic rings. The summed E-state index contributed by atoms with van der Waals surface area (Å²) in [5.41, 5.74) is 3.76. The summed E-state index contributed by atoms with van der Waals surface area (Å²) >= 11 is 0. The molecule has 0 saturated heterocycles. The van der Waals surface area contributed by atoms with Crippen LogP contribution in [0.5, 0.6) is 0 Å². The van der Waals surface area contributed by atoms with Crippen LogP contribution in [-0.4, -0.2) is 10.9 Å². The number of nitro groups is 1. The lowest BCUT2D eigenvalue weighted by molar-refractivity contribution is -0.385. The van der Waals surface area contributed by atoms with Crippen molar-refractivity contribution in [3.05, 3.63) is 80.9 Å². The topological polar surface area (TPSA) is 95.3 Å². The van der Waals surface area contributed by atoms with Gasteiger partial charge < -0.3 is 15.2 Å². The van der Waals surface area contributed by atoms with Gasteiger partial charge in [0.05, 0.1) is 22.5 Å². The molecule has 1 aliphatic heterocycles. The van der Waals surface area contributed by atoms with Crippen molar-refractivity contribution >= 4 is 17.3 Å². The van der Waals surface area contributed by atoms with Crippen molar-refractivity contribution < 1.29 is 14.8 Å². The van der Waals surface area contributed by atoms with E-state index in [2.05, 4.69) is 17.5 Å². The molecule has 1 heterocycles. The highest BCUT2D eigenvalue weighted by Gasteiger charge is 2.42. The molecule has 0 saturated carbocycles. The van der Waals surface area contributed by atoms with Gasteiger partial charge in [0.2, 0.25) is 0 Å². The fraction of sp³-hybridized carbons (Fsp3) is 0.250. The average Bonchev–Trinajstić information content (AvgIpc) is 3.11. The molecule has 132 valence electrons. The number of aryl methyl sites for hydroxylation is 1. The van der Waals surface area contributed by atoms with Crippen molar-refractivity contribution in [1.29, 1.82) is 0 Å². The summed E-state index contributed by atoms with van der Waals surface area (Å²) in [5.74, 6) is -1.08. The number of fused-ring (bicyclic) bond motifs is 3. The van der Waals surface area contributed by atoms with Gasteiger partial charge in [-0.25, -0.2) is 0 Å². The maximum atomic E-state index is 11.5. The lowest BCUT2D eigenvalue weighted by Crippen LogP contribution is -2.30. The Morgan fingerprint density at radius 3 is 2.58 bits per heavy atom. The van der Waals surface area contributed by atoms with Gasteiger partial charge in [-0.15, -0.1) is 0 Å². The van der Waals surface area contributed by atoms with Gasteiger partial charge in [0.1, 0.15) is 0 Å². The van der Waals surface area contributed by atoms with Gasteiger partial charge in [0.15, 0.2) is 0 Å². The van der Waals surface area contributed by atoms with Crippen LogP contribution < -0.4 is 10.4 Å². The first kappa shape index (κ1) is 16.3. The quantitative estimate of drug-likeness (QED) is 0.522. The molecule has 2 aliphatic rings. The van der Waals surface area contributed by atoms with Crippen LogP contribution in [0.3, 0.4) is 0 Å². The monoisotopic (exact) mass is 349 g/mol. The highest BCUT2D eigenvalue weighted by molar-refractivity contribution is 5.85. The van der Waals surface area contributed by atoms with Gasteiger partial charge in [-0.05, 0) is 36.0 Å². The zero-order valence-electron chi connectivity index (χ0n) is 14.1. The smallest absolute Gasteiger partial charge is 0.275 e. The van der Waals surface area contributed by atoms with E-state index in [1.54, 1.807) is 36.4 Å². The third-order valence-corrected chi connectivity index (χ3v) is 5.41. The number of hydrogen-bond acceptors (Lipinski definition) is 5. The van der Waals surface area contributed by atoms with E-state index >= 15 is 0 Å². The maximum Gasteiger partial charge on any atom is 0.275 e. The number of nitrogens with zero attached hydrogens (tertiary/aromatic N) is 1. The number of rotatable bonds is 3. The van der Waals surface area contributed by atoms with Gasteiger partial charge in [-0.1, -0.05) is 42.5 Å². The summed E-state index contributed by atoms with van der Waals surface area (Å²) in [7, 11) is 0. The fourth-order valence-electron chi connectivity index (χ4n) is 4.15. The number of anilines is 1. The molecule has 1 N–H and O–H groups in total. The van der Waals surface area contributed by atoms with Crippen molar-refractivity contribution in [1.82, 2.24) is 0 Å². The van der Waals surface area contributed by atoms with Crippen LogP contribution in [0.1, 0.15) is 45.4 Å². The number of carbonyl (C=O) groups excluding carboxylic acids is 1. The van der Waals surface area contributed by atoms with E-state index in [1.165, 1.54) is 0 Å². The molecular formula is C20H17N2O4-. The van der Waals surface area contributed by atoms with E-state index in [4.69, 9.17) is 0 Å². The standard InChI is InChI=1S/C20H18N2O4/c1-11-5-10-16(22(25)26)17-14-3-2-4-15(14)19(21-18(11)17)12-6-8-13(9-7-12)20(23)24/h2-3,5-10,14-15,19,21H,4H2,1H3,(H,23,24)/p-1/t14-,15-,19+/m0/s1. The molecule has 3 atom stereocenters. The van der Waals surface area contributed by atoms with Crippen LogP contribution in [0.25, 0.3) is 0 Å². The Morgan fingerprint density at radius 1 is 1.19 bits per heavy atom. The third-order valence-electron chi connectivity index (χ3n) is 5.41. The Hall–Kier alpha value is -3.15. The van der Waals surface area contributed by atoms with Crippen LogP contribution in [0.4, 0.5) is 11.4 Å². The van der Waals surface area contributed by atoms with E-state index in [0.717, 1.165) is 28.8 Å². The summed E-state index contributed by atoms with van der Waals surface area (Å²) in [5, 5.41) is 26.0. The summed E-state index contributed by atoms with van der Waals surface area (Å²) in [6.45, 7) is 1.94. The normalized spacial score (nSPS) is 23.0. The van der Waals surface area contributed by atoms with Crippen LogP contribution >= 0.6 is 0 Å². The molecule has 2 aromatic carbocycles. The number of nitrogens with one attached hydrogen (secondary N) is 1. The zero-order chi connectivity index (χ0) is 18.4. The number of carboxylic acids is 1. The number of allylic oxidation sites excluding steroid dienone is 2. The molecule has 0 aromatic heterocycles. The lowest BCUT2D eigenvalue weighted by Gasteiger charge is -2.38. The predicted molar refractivity (Wildman–Crippen MR) is 95.0 cm³/mol. The Morgan fingerprint density at radius 2 is 1.92 bits per heavy atom. The Labute approximate surface area is 150 Å². The highest BCUT2D eigenvalue weighted by Crippen LogP contribution is 2.53. The molecule has 6 heteroatoms. The Kier molecular flexibility index (Phi) is 3.76. The summed E-state index contributed by atoms with van der Waals surface area (Å²) in [6, 6.07) is 9.96. The minimum atomic E-state index is -1.20. The van der Waals surface area contributed by atoms with Crippen molar-refractivity contribution in [3.8, 4) is 0 Å². The molecule has 26 heavy (non-hydrogen) atoms. The summed E-state index contributed by atoms with van der Waals surface area (Å²) in [4.78, 5) is 22.2. The lowest BCUT2D eigenvalue weighted by atomic mass is 9.75. The second-order valence-electron chi connectivity index (χ2n) is 6.83. The van der Waals surface area contributed by atoms with E-state index in [0.29, 0.717) is 0 Å². The number of nitro benzene ring substituents is 1. The number of carboxylic acid groups (broad SMARTS) is 1. The average molecular weight is 349 g/mol. The van der Waals surface area contributed by atoms with Crippen LogP contribution in [0.2, 0.25) is 0 Å². The largest absolute Gasteiger partial charge is 0.545 e. The third kappa shape index (κ3) is 2.45. The molecule has 0 spiro atoms. The first-order valence-corrected chi connectivity index (χ1v) is 8.49. The first-order valence-electron chi connectivity index (χ1n) is 8.49. The Bertz CT molecular complexity index is 934. The van der Waals surface area contributed by atoms with Gasteiger partial charge in [0, 0.05) is 17.7 Å². The molecule has 1 aliphatic carbocycles. The fourth-order valence-corrected chi connectivity index (χ4v) is 4.15. The van der Waals surface area contributed by atoms with Crippen LogP contribution in [0.15, 0.2) is 48.6 Å². The predicted octanol–water partition coefficient (Wildman–Crippen LogP) is 3.09. The maximum absolute atomic E-state index is 11.5. The molecule has 0 radical (unpaired) electrons. The highest BCUT2D eigenvalue weighted by atomic mass is 16.6. The number of hydrogen-bond donors (Lipinski definition) is 1. The first-order chi connectivity index (χ1) is 12.5. The molecule has 0 amide bonds. The van der Waals surface area contributed by atoms with Crippen LogP contribution in [0, 0.1) is 23.0 Å². The minimum absolute atomic E-state index is 0.0302. The second-order valence-corrected chi connectivity index (χ2v) is 6.83. The van der Waals surface area contributed by atoms with Crippen LogP contribution in [-0.2, 0) is 0 Å². The second kappa shape index (κ2) is 5.98. The van der Waals surface area contributed by atoms with E-state index < -0.39 is 5.97 Å². The Balaban J connectivity index is 1.81. The molecule has 0 unspecified atom stereocenters. The molecule has 6 nitrogen and oxygen atoms in total. The van der Waals surface area contributed by atoms with Crippen molar-refractivity contribution in [2.24, 2.45) is 5.92 Å². The van der Waals surface area contributed by atoms with Gasteiger partial charge >= 0.3 is 0 Å². The number of carbonyl (C=O) groups is 1. The van der Waals surface area contributed by atoms with Crippen molar-refractivity contribution in [2.45, 2.75) is 25.3 Å². The summed E-state index contributed by atoms with van der Waals surface area (Å²) < 4.78 is 0. The number of aromatic carboxylic acids is 1. The summed E-state index contributed by atoms with van der Waals surface area (Å²) in [6.07, 6.45) is 4.94. The zero-order valence-corrected chi connectivity index (χ0v) is 14.1. The molecule has 4 rings (SSSR count). The van der Waals surface area contributed by atoms with Gasteiger partial charge in [-0.2, -0.15) is 0 Å². The van der Waals surface area contributed by atoms with Gasteiger partial charge in [-0.3, -0.25) is 10.1 Å². The van der Waals surface area contributed by atoms with E-state index in [9.17, 15) is 20.0 Å². The molecule has 0 bridgehead atoms. The van der Waals surface area contributed by atoms with Crippen molar-refractivity contribution in [3.63, 3.8) is 0 Å². The van der Waals surface area contributed by atoms with E-state index in [1.807, 2.05) is 6.92 Å². The van der Waals surface area contributed by atoms with Crippen molar-refractivity contribution in [2.75, 3.05) is 5.32 Å². The van der Waals surface area contributed by atoms with Gasteiger partial charge in [0.25, 0.3) is 5.69 Å².